The van der Waals surface area contributed by atoms with Crippen LogP contribution in [-0.4, -0.2) is 23.3 Å². The fraction of sp³-hybridized carbons (Fsp3) is 0.261. The van der Waals surface area contributed by atoms with Crippen molar-refractivity contribution in [2.45, 2.75) is 32.6 Å². The first-order valence-corrected chi connectivity index (χ1v) is 10.8. The van der Waals surface area contributed by atoms with Crippen molar-refractivity contribution in [1.82, 2.24) is 10.3 Å². The Kier molecular flexibility index (Phi) is 7.83. The highest BCUT2D eigenvalue weighted by molar-refractivity contribution is 7.14. The van der Waals surface area contributed by atoms with Crippen LogP contribution in [-0.2, 0) is 22.4 Å². The van der Waals surface area contributed by atoms with E-state index in [1.165, 1.54) is 29.9 Å². The monoisotopic (exact) mass is 443 g/mol. The molecule has 0 unspecified atom stereocenters. The van der Waals surface area contributed by atoms with Crippen LogP contribution in [0.15, 0.2) is 47.8 Å². The van der Waals surface area contributed by atoms with Gasteiger partial charge in [-0.05, 0) is 42.5 Å². The first-order valence-electron chi connectivity index (χ1n) is 9.94. The quantitative estimate of drug-likeness (QED) is 0.470. The summed E-state index contributed by atoms with van der Waals surface area (Å²) in [6.07, 6.45) is 2.20. The lowest BCUT2D eigenvalue weighted by Crippen LogP contribution is -2.21. The molecule has 2 amide bonds. The molecule has 2 aromatic carbocycles. The number of carbonyl (C=O) groups is 2. The molecule has 0 bridgehead atoms. The van der Waals surface area contributed by atoms with Crippen LogP contribution in [0.1, 0.15) is 30.9 Å². The minimum Gasteiger partial charge on any atom is -0.356 e. The van der Waals surface area contributed by atoms with Crippen LogP contribution in [0, 0.1) is 11.6 Å². The largest absolute Gasteiger partial charge is 0.356 e. The summed E-state index contributed by atoms with van der Waals surface area (Å²) >= 11 is 1.33. The van der Waals surface area contributed by atoms with Crippen molar-refractivity contribution in [3.05, 3.63) is 70.6 Å². The summed E-state index contributed by atoms with van der Waals surface area (Å²) < 4.78 is 26.2. The van der Waals surface area contributed by atoms with Crippen molar-refractivity contribution in [2.24, 2.45) is 0 Å². The molecule has 162 valence electrons. The molecular formula is C23H23F2N3O2S. The molecule has 0 spiro atoms. The van der Waals surface area contributed by atoms with Gasteiger partial charge in [0.2, 0.25) is 11.8 Å². The zero-order chi connectivity index (χ0) is 22.2. The minimum absolute atomic E-state index is 0.0221. The Hall–Kier alpha value is -3.13. The van der Waals surface area contributed by atoms with Gasteiger partial charge < -0.3 is 10.6 Å². The lowest BCUT2D eigenvalue weighted by molar-refractivity contribution is -0.119. The molecule has 5 nitrogen and oxygen atoms in total. The molecule has 8 heteroatoms. The molecule has 3 aromatic rings. The average molecular weight is 444 g/mol. The Morgan fingerprint density at radius 3 is 2.45 bits per heavy atom. The van der Waals surface area contributed by atoms with Gasteiger partial charge in [0.1, 0.15) is 0 Å². The topological polar surface area (TPSA) is 71.1 Å². The zero-order valence-electron chi connectivity index (χ0n) is 17.1. The fourth-order valence-electron chi connectivity index (χ4n) is 3.00. The normalized spacial score (nSPS) is 10.7. The molecule has 0 saturated heterocycles. The molecule has 2 N–H and O–H groups in total. The second-order valence-electron chi connectivity index (χ2n) is 7.12. The van der Waals surface area contributed by atoms with E-state index in [2.05, 4.69) is 15.6 Å². The third kappa shape index (κ3) is 6.96. The van der Waals surface area contributed by atoms with Gasteiger partial charge in [0.15, 0.2) is 16.8 Å². The fourth-order valence-corrected chi connectivity index (χ4v) is 3.73. The summed E-state index contributed by atoms with van der Waals surface area (Å²) in [5.41, 5.74) is 3.45. The lowest BCUT2D eigenvalue weighted by Gasteiger charge is -2.04. The maximum Gasteiger partial charge on any atom is 0.226 e. The van der Waals surface area contributed by atoms with Crippen LogP contribution in [0.25, 0.3) is 11.3 Å². The number of thiazole rings is 1. The molecule has 1 aromatic heterocycles. The third-order valence-corrected chi connectivity index (χ3v) is 5.40. The van der Waals surface area contributed by atoms with E-state index in [0.29, 0.717) is 23.7 Å². The number of rotatable bonds is 9. The first-order chi connectivity index (χ1) is 14.9. The SMILES string of the molecule is CC(=O)NCCCc1ccc(-c2csc(NC(=O)CCc3ccc(F)c(F)c3)n2)cc1. The summed E-state index contributed by atoms with van der Waals surface area (Å²) in [6.45, 7) is 2.16. The molecule has 0 atom stereocenters. The van der Waals surface area contributed by atoms with Gasteiger partial charge in [-0.2, -0.15) is 0 Å². The van der Waals surface area contributed by atoms with Crippen LogP contribution < -0.4 is 10.6 Å². The second kappa shape index (κ2) is 10.8. The van der Waals surface area contributed by atoms with Crippen molar-refractivity contribution in [3.8, 4) is 11.3 Å². The van der Waals surface area contributed by atoms with Crippen molar-refractivity contribution >= 4 is 28.3 Å². The van der Waals surface area contributed by atoms with Gasteiger partial charge in [-0.25, -0.2) is 13.8 Å². The predicted octanol–water partition coefficient (Wildman–Crippen LogP) is 4.73. The van der Waals surface area contributed by atoms with Crippen LogP contribution >= 0.6 is 11.3 Å². The van der Waals surface area contributed by atoms with Crippen LogP contribution in [0.5, 0.6) is 0 Å². The Morgan fingerprint density at radius 2 is 1.74 bits per heavy atom. The maximum absolute atomic E-state index is 13.2. The number of hydrogen-bond donors (Lipinski definition) is 2. The maximum atomic E-state index is 13.2. The van der Waals surface area contributed by atoms with E-state index >= 15 is 0 Å². The van der Waals surface area contributed by atoms with Gasteiger partial charge >= 0.3 is 0 Å². The van der Waals surface area contributed by atoms with Gasteiger partial charge in [-0.3, -0.25) is 9.59 Å². The van der Waals surface area contributed by atoms with Crippen LogP contribution in [0.4, 0.5) is 13.9 Å². The van der Waals surface area contributed by atoms with Crippen LogP contribution in [0.3, 0.4) is 0 Å². The van der Waals surface area contributed by atoms with E-state index in [4.69, 9.17) is 0 Å². The molecule has 0 saturated carbocycles. The molecule has 0 fully saturated rings. The van der Waals surface area contributed by atoms with E-state index in [1.807, 2.05) is 29.6 Å². The second-order valence-corrected chi connectivity index (χ2v) is 7.98. The molecular weight excluding hydrogens is 420 g/mol. The summed E-state index contributed by atoms with van der Waals surface area (Å²) in [5.74, 6) is -2.07. The highest BCUT2D eigenvalue weighted by Crippen LogP contribution is 2.25. The molecule has 0 aliphatic heterocycles. The molecule has 0 radical (unpaired) electrons. The smallest absolute Gasteiger partial charge is 0.226 e. The number of halogens is 2. The Bertz CT molecular complexity index is 1050. The van der Waals surface area contributed by atoms with E-state index < -0.39 is 11.6 Å². The van der Waals surface area contributed by atoms with E-state index in [-0.39, 0.29) is 18.2 Å². The number of nitrogens with one attached hydrogen (secondary N) is 2. The van der Waals surface area contributed by atoms with Crippen molar-refractivity contribution in [1.29, 1.82) is 0 Å². The van der Waals surface area contributed by atoms with Gasteiger partial charge in [-0.15, -0.1) is 11.3 Å². The third-order valence-electron chi connectivity index (χ3n) is 4.64. The van der Waals surface area contributed by atoms with Crippen molar-refractivity contribution in [2.75, 3.05) is 11.9 Å². The van der Waals surface area contributed by atoms with E-state index in [0.717, 1.165) is 36.2 Å². The standard InChI is InChI=1S/C23H23F2N3O2S/c1-15(29)26-12-2-3-16-4-8-18(9-5-16)21-14-31-23(27-21)28-22(30)11-7-17-6-10-19(24)20(25)13-17/h4-6,8-10,13-14H,2-3,7,11-12H2,1H3,(H,26,29)(H,27,28,30). The van der Waals surface area contributed by atoms with Crippen LogP contribution in [0.2, 0.25) is 0 Å². The van der Waals surface area contributed by atoms with Gasteiger partial charge in [0.05, 0.1) is 5.69 Å². The van der Waals surface area contributed by atoms with Gasteiger partial charge in [0, 0.05) is 30.8 Å². The predicted molar refractivity (Wildman–Crippen MR) is 118 cm³/mol. The number of benzene rings is 2. The molecule has 1 heterocycles. The first kappa shape index (κ1) is 22.6. The molecule has 0 aliphatic rings. The minimum atomic E-state index is -0.916. The number of aryl methyl sites for hydroxylation is 2. The number of amides is 2. The molecule has 3 rings (SSSR count). The number of hydrogen-bond acceptors (Lipinski definition) is 4. The molecule has 0 aliphatic carbocycles. The van der Waals surface area contributed by atoms with E-state index in [9.17, 15) is 18.4 Å². The molecule has 31 heavy (non-hydrogen) atoms. The number of anilines is 1. The summed E-state index contributed by atoms with van der Waals surface area (Å²) in [6, 6.07) is 11.7. The Morgan fingerprint density at radius 1 is 1.00 bits per heavy atom. The Balaban J connectivity index is 1.49. The van der Waals surface area contributed by atoms with Crippen molar-refractivity contribution < 1.29 is 18.4 Å². The lowest BCUT2D eigenvalue weighted by atomic mass is 10.1. The number of carbonyl (C=O) groups excluding carboxylic acids is 2. The summed E-state index contributed by atoms with van der Waals surface area (Å²) in [7, 11) is 0. The summed E-state index contributed by atoms with van der Waals surface area (Å²) in [4.78, 5) is 27.5. The number of nitrogens with zero attached hydrogens (tertiary/aromatic N) is 1. The van der Waals surface area contributed by atoms with E-state index in [1.54, 1.807) is 0 Å². The van der Waals surface area contributed by atoms with Crippen molar-refractivity contribution in [3.63, 3.8) is 0 Å². The summed E-state index contributed by atoms with van der Waals surface area (Å²) in [5, 5.41) is 7.89. The van der Waals surface area contributed by atoms with Gasteiger partial charge in [-0.1, -0.05) is 30.3 Å². The highest BCUT2D eigenvalue weighted by atomic mass is 32.1. The Labute approximate surface area is 183 Å². The highest BCUT2D eigenvalue weighted by Gasteiger charge is 2.10. The zero-order valence-corrected chi connectivity index (χ0v) is 17.9. The average Bonchev–Trinajstić information content (AvgIpc) is 3.21. The van der Waals surface area contributed by atoms with Gasteiger partial charge in [0.25, 0.3) is 0 Å². The number of aromatic nitrogens is 1.